The van der Waals surface area contributed by atoms with E-state index < -0.39 is 0 Å². The summed E-state index contributed by atoms with van der Waals surface area (Å²) in [6.45, 7) is 6.88. The second kappa shape index (κ2) is 6.37. The monoisotopic (exact) mass is 313 g/mol. The predicted molar refractivity (Wildman–Crippen MR) is 88.2 cm³/mol. The summed E-state index contributed by atoms with van der Waals surface area (Å²) in [5.74, 6) is 0.991. The van der Waals surface area contributed by atoms with Crippen LogP contribution in [0.2, 0.25) is 0 Å². The Labute approximate surface area is 134 Å². The molecule has 3 aromatic rings. The molecule has 22 heavy (non-hydrogen) atoms. The number of hydrogen-bond donors (Lipinski definition) is 1. The van der Waals surface area contributed by atoms with E-state index in [0.717, 1.165) is 28.1 Å². The molecule has 1 atom stereocenters. The van der Waals surface area contributed by atoms with Gasteiger partial charge in [0.15, 0.2) is 0 Å². The van der Waals surface area contributed by atoms with Crippen molar-refractivity contribution in [3.05, 3.63) is 58.1 Å². The molecule has 0 aliphatic carbocycles. The van der Waals surface area contributed by atoms with Gasteiger partial charge in [-0.15, -0.1) is 21.5 Å². The van der Waals surface area contributed by atoms with Gasteiger partial charge in [-0.2, -0.15) is 0 Å². The third-order valence-electron chi connectivity index (χ3n) is 3.62. The number of nitrogens with zero attached hydrogens (tertiary/aromatic N) is 4. The Hall–Kier alpha value is -2.05. The Kier molecular flexibility index (Phi) is 4.31. The van der Waals surface area contributed by atoms with Crippen LogP contribution < -0.4 is 5.32 Å². The minimum atomic E-state index is 0.266. The largest absolute Gasteiger partial charge is 0.304 e. The molecule has 0 radical (unpaired) electrons. The zero-order valence-electron chi connectivity index (χ0n) is 12.9. The van der Waals surface area contributed by atoms with Crippen molar-refractivity contribution in [1.29, 1.82) is 0 Å². The summed E-state index contributed by atoms with van der Waals surface area (Å²) >= 11 is 1.63. The maximum atomic E-state index is 4.25. The number of aryl methyl sites for hydroxylation is 2. The van der Waals surface area contributed by atoms with Gasteiger partial charge in [-0.3, -0.25) is 0 Å². The fourth-order valence-corrected chi connectivity index (χ4v) is 3.00. The van der Waals surface area contributed by atoms with Crippen molar-refractivity contribution in [2.45, 2.75) is 33.4 Å². The molecule has 0 saturated heterocycles. The van der Waals surface area contributed by atoms with Crippen molar-refractivity contribution in [2.75, 3.05) is 0 Å². The van der Waals surface area contributed by atoms with Gasteiger partial charge < -0.3 is 9.88 Å². The van der Waals surface area contributed by atoms with E-state index in [2.05, 4.69) is 56.3 Å². The minimum Gasteiger partial charge on any atom is -0.304 e. The van der Waals surface area contributed by atoms with Crippen LogP contribution in [0.4, 0.5) is 0 Å². The molecule has 0 aliphatic heterocycles. The molecule has 0 spiro atoms. The Morgan fingerprint density at radius 1 is 1.18 bits per heavy atom. The molecular formula is C16H19N5S. The highest BCUT2D eigenvalue weighted by Gasteiger charge is 2.08. The van der Waals surface area contributed by atoms with Crippen molar-refractivity contribution in [3.8, 4) is 5.69 Å². The fraction of sp³-hybridized carbons (Fsp3) is 0.312. The number of imidazole rings is 1. The first kappa shape index (κ1) is 14.9. The molecule has 114 valence electrons. The zero-order chi connectivity index (χ0) is 15.5. The molecule has 1 aromatic carbocycles. The number of rotatable bonds is 5. The van der Waals surface area contributed by atoms with Gasteiger partial charge in [0, 0.05) is 24.1 Å². The van der Waals surface area contributed by atoms with Crippen molar-refractivity contribution in [2.24, 2.45) is 0 Å². The summed E-state index contributed by atoms with van der Waals surface area (Å²) in [5, 5.41) is 13.7. The van der Waals surface area contributed by atoms with E-state index >= 15 is 0 Å². The molecule has 0 fully saturated rings. The Balaban J connectivity index is 1.66. The molecule has 0 saturated carbocycles. The molecule has 0 amide bonds. The summed E-state index contributed by atoms with van der Waals surface area (Å²) in [6, 6.07) is 8.81. The van der Waals surface area contributed by atoms with Crippen LogP contribution in [0, 0.1) is 13.8 Å². The topological polar surface area (TPSA) is 55.6 Å². The summed E-state index contributed by atoms with van der Waals surface area (Å²) < 4.78 is 2.08. The Morgan fingerprint density at radius 2 is 1.95 bits per heavy atom. The average molecular weight is 313 g/mol. The Bertz CT molecular complexity index is 744. The number of benzene rings is 1. The molecule has 0 unspecified atom stereocenters. The molecule has 1 N–H and O–H groups in total. The van der Waals surface area contributed by atoms with Gasteiger partial charge in [0.1, 0.15) is 15.8 Å². The highest BCUT2D eigenvalue weighted by atomic mass is 32.1. The van der Waals surface area contributed by atoms with Crippen LogP contribution >= 0.6 is 11.3 Å². The summed E-state index contributed by atoms with van der Waals surface area (Å²) in [4.78, 5) is 4.25. The smallest absolute Gasteiger partial charge is 0.131 e. The van der Waals surface area contributed by atoms with Crippen LogP contribution in [0.15, 0.2) is 36.7 Å². The maximum Gasteiger partial charge on any atom is 0.131 e. The normalized spacial score (nSPS) is 12.5. The van der Waals surface area contributed by atoms with Crippen molar-refractivity contribution < 1.29 is 0 Å². The zero-order valence-corrected chi connectivity index (χ0v) is 13.8. The summed E-state index contributed by atoms with van der Waals surface area (Å²) in [7, 11) is 0. The first-order valence-electron chi connectivity index (χ1n) is 7.26. The lowest BCUT2D eigenvalue weighted by Crippen LogP contribution is -2.18. The molecule has 2 heterocycles. The van der Waals surface area contributed by atoms with Crippen LogP contribution in [0.3, 0.4) is 0 Å². The highest BCUT2D eigenvalue weighted by molar-refractivity contribution is 7.11. The van der Waals surface area contributed by atoms with Gasteiger partial charge in [0.25, 0.3) is 0 Å². The number of aromatic nitrogens is 4. The van der Waals surface area contributed by atoms with E-state index in [1.165, 1.54) is 5.56 Å². The second-order valence-corrected chi connectivity index (χ2v) is 6.52. The van der Waals surface area contributed by atoms with Crippen LogP contribution in [-0.2, 0) is 6.54 Å². The fourth-order valence-electron chi connectivity index (χ4n) is 2.34. The van der Waals surface area contributed by atoms with E-state index in [0.29, 0.717) is 0 Å². The molecular weight excluding hydrogens is 294 g/mol. The van der Waals surface area contributed by atoms with E-state index in [9.17, 15) is 0 Å². The predicted octanol–water partition coefficient (Wildman–Crippen LogP) is 3.19. The first-order chi connectivity index (χ1) is 10.6. The van der Waals surface area contributed by atoms with Crippen LogP contribution in [0.25, 0.3) is 5.69 Å². The van der Waals surface area contributed by atoms with E-state index in [1.54, 1.807) is 11.3 Å². The maximum absolute atomic E-state index is 4.25. The van der Waals surface area contributed by atoms with E-state index in [-0.39, 0.29) is 6.04 Å². The van der Waals surface area contributed by atoms with Gasteiger partial charge in [0.2, 0.25) is 0 Å². The van der Waals surface area contributed by atoms with E-state index in [1.807, 2.05) is 26.2 Å². The van der Waals surface area contributed by atoms with Gasteiger partial charge >= 0.3 is 0 Å². The van der Waals surface area contributed by atoms with Gasteiger partial charge in [-0.25, -0.2) is 4.98 Å². The van der Waals surface area contributed by atoms with Crippen LogP contribution in [0.1, 0.15) is 34.4 Å². The van der Waals surface area contributed by atoms with Crippen molar-refractivity contribution >= 4 is 11.3 Å². The lowest BCUT2D eigenvalue weighted by Gasteiger charge is -2.14. The van der Waals surface area contributed by atoms with Gasteiger partial charge in [0.05, 0.1) is 6.54 Å². The molecule has 0 aliphatic rings. The minimum absolute atomic E-state index is 0.266. The molecule has 6 heteroatoms. The third-order valence-corrected chi connectivity index (χ3v) is 4.46. The van der Waals surface area contributed by atoms with Crippen molar-refractivity contribution in [1.82, 2.24) is 25.1 Å². The molecule has 0 bridgehead atoms. The average Bonchev–Trinajstić information content (AvgIpc) is 3.13. The SMILES string of the molecule is Cc1nnc(CN[C@@H](C)c2ccc(-n3ccnc3C)cc2)s1. The third kappa shape index (κ3) is 3.23. The van der Waals surface area contributed by atoms with Crippen LogP contribution in [-0.4, -0.2) is 19.7 Å². The highest BCUT2D eigenvalue weighted by Crippen LogP contribution is 2.17. The van der Waals surface area contributed by atoms with Gasteiger partial charge in [-0.1, -0.05) is 12.1 Å². The lowest BCUT2D eigenvalue weighted by atomic mass is 10.1. The summed E-state index contributed by atoms with van der Waals surface area (Å²) in [6.07, 6.45) is 3.79. The van der Waals surface area contributed by atoms with Crippen LogP contribution in [0.5, 0.6) is 0 Å². The molecule has 3 rings (SSSR count). The summed E-state index contributed by atoms with van der Waals surface area (Å²) in [5.41, 5.74) is 2.38. The quantitative estimate of drug-likeness (QED) is 0.786. The number of nitrogens with one attached hydrogen (secondary N) is 1. The first-order valence-corrected chi connectivity index (χ1v) is 8.08. The van der Waals surface area contributed by atoms with Gasteiger partial charge in [-0.05, 0) is 38.5 Å². The van der Waals surface area contributed by atoms with E-state index in [4.69, 9.17) is 0 Å². The standard InChI is InChI=1S/C16H19N5S/c1-11(18-10-16-20-19-13(3)22-16)14-4-6-15(7-5-14)21-9-8-17-12(21)2/h4-9,11,18H,10H2,1-3H3/t11-/m0/s1. The Morgan fingerprint density at radius 3 is 2.55 bits per heavy atom. The van der Waals surface area contributed by atoms with Crippen molar-refractivity contribution in [3.63, 3.8) is 0 Å². The lowest BCUT2D eigenvalue weighted by molar-refractivity contribution is 0.571. The molecule has 5 nitrogen and oxygen atoms in total. The second-order valence-electron chi connectivity index (χ2n) is 5.25. The number of hydrogen-bond acceptors (Lipinski definition) is 5. The molecule has 2 aromatic heterocycles.